The van der Waals surface area contributed by atoms with E-state index in [1.165, 1.54) is 0 Å². The average molecular weight is 188 g/mol. The van der Waals surface area contributed by atoms with E-state index in [0.717, 1.165) is 19.6 Å². The molecule has 0 amide bonds. The van der Waals surface area contributed by atoms with E-state index in [0.29, 0.717) is 18.9 Å². The molecule has 13 heavy (non-hydrogen) atoms. The highest BCUT2D eigenvalue weighted by molar-refractivity contribution is 4.74. The van der Waals surface area contributed by atoms with Crippen LogP contribution in [0.25, 0.3) is 0 Å². The van der Waals surface area contributed by atoms with Crippen LogP contribution in [-0.4, -0.2) is 43.9 Å². The highest BCUT2D eigenvalue weighted by atomic mass is 16.7. The van der Waals surface area contributed by atoms with Gasteiger partial charge in [0.25, 0.3) is 0 Å². The van der Waals surface area contributed by atoms with Gasteiger partial charge in [-0.2, -0.15) is 0 Å². The van der Waals surface area contributed by atoms with E-state index in [9.17, 15) is 0 Å². The summed E-state index contributed by atoms with van der Waals surface area (Å²) in [5, 5.41) is 8.72. The first-order chi connectivity index (χ1) is 6.40. The summed E-state index contributed by atoms with van der Waals surface area (Å²) in [5.41, 5.74) is 0. The van der Waals surface area contributed by atoms with Crippen LogP contribution < -0.4 is 0 Å². The fourth-order valence-electron chi connectivity index (χ4n) is 1.78. The Morgan fingerprint density at radius 1 is 1.31 bits per heavy atom. The molecule has 0 aromatic heterocycles. The van der Waals surface area contributed by atoms with Crippen molar-refractivity contribution in [2.45, 2.75) is 25.2 Å². The number of rotatable bonds is 3. The second-order valence-corrected chi connectivity index (χ2v) is 3.60. The Kier molecular flexibility index (Phi) is 3.16. The number of hydrogen-bond acceptors (Lipinski definition) is 4. The van der Waals surface area contributed by atoms with Crippen LogP contribution in [0.15, 0.2) is 0 Å². The van der Waals surface area contributed by atoms with Gasteiger partial charge in [0.2, 0.25) is 0 Å². The van der Waals surface area contributed by atoms with Gasteiger partial charge in [0.1, 0.15) is 0 Å². The zero-order valence-electron chi connectivity index (χ0n) is 7.65. The van der Waals surface area contributed by atoms with Crippen LogP contribution in [0.3, 0.4) is 0 Å². The van der Waals surface area contributed by atoms with Gasteiger partial charge in [-0.15, -0.1) is 0 Å². The van der Waals surface area contributed by atoms with Crippen LogP contribution in [0.4, 0.5) is 0 Å². The second kappa shape index (κ2) is 4.37. The molecule has 3 atom stereocenters. The van der Waals surface area contributed by atoms with Crippen molar-refractivity contribution in [3.05, 3.63) is 0 Å². The maximum atomic E-state index is 8.72. The van der Waals surface area contributed by atoms with Crippen molar-refractivity contribution in [2.24, 2.45) is 5.92 Å². The maximum Gasteiger partial charge on any atom is 0.163 e. The van der Waals surface area contributed by atoms with Gasteiger partial charge >= 0.3 is 0 Å². The SMILES string of the molecule is OCCC1COC(C2CCOC2)O1. The standard InChI is InChI=1S/C9H16O4/c10-3-1-8-6-12-9(13-8)7-2-4-11-5-7/h7-10H,1-6H2. The average Bonchev–Trinajstić information content (AvgIpc) is 2.70. The fraction of sp³-hybridized carbons (Fsp3) is 1.00. The molecular weight excluding hydrogens is 172 g/mol. The van der Waals surface area contributed by atoms with Crippen molar-refractivity contribution >= 4 is 0 Å². The van der Waals surface area contributed by atoms with Crippen molar-refractivity contribution in [3.63, 3.8) is 0 Å². The molecule has 0 radical (unpaired) electrons. The Labute approximate surface area is 77.8 Å². The van der Waals surface area contributed by atoms with Crippen LogP contribution in [0, 0.1) is 5.92 Å². The molecule has 0 aromatic carbocycles. The summed E-state index contributed by atoms with van der Waals surface area (Å²) in [6.07, 6.45) is 1.68. The molecule has 4 nitrogen and oxygen atoms in total. The third-order valence-corrected chi connectivity index (χ3v) is 2.57. The molecule has 2 rings (SSSR count). The van der Waals surface area contributed by atoms with E-state index in [2.05, 4.69) is 0 Å². The van der Waals surface area contributed by atoms with Gasteiger partial charge in [-0.1, -0.05) is 0 Å². The van der Waals surface area contributed by atoms with Gasteiger partial charge < -0.3 is 19.3 Å². The first-order valence-electron chi connectivity index (χ1n) is 4.86. The van der Waals surface area contributed by atoms with E-state index in [4.69, 9.17) is 19.3 Å². The first-order valence-corrected chi connectivity index (χ1v) is 4.86. The minimum atomic E-state index is -0.0981. The van der Waals surface area contributed by atoms with Crippen molar-refractivity contribution in [3.8, 4) is 0 Å². The van der Waals surface area contributed by atoms with Gasteiger partial charge in [0, 0.05) is 19.1 Å². The first kappa shape index (κ1) is 9.40. The van der Waals surface area contributed by atoms with Crippen molar-refractivity contribution in [1.29, 1.82) is 0 Å². The van der Waals surface area contributed by atoms with E-state index < -0.39 is 0 Å². The molecule has 0 aliphatic carbocycles. The molecule has 2 heterocycles. The number of aliphatic hydroxyl groups excluding tert-OH is 1. The van der Waals surface area contributed by atoms with E-state index in [1.807, 2.05) is 0 Å². The van der Waals surface area contributed by atoms with Gasteiger partial charge in [0.05, 0.1) is 19.3 Å². The third kappa shape index (κ3) is 2.20. The Hall–Kier alpha value is -0.160. The summed E-state index contributed by atoms with van der Waals surface area (Å²) in [4.78, 5) is 0. The topological polar surface area (TPSA) is 47.9 Å². The number of hydrogen-bond donors (Lipinski definition) is 1. The summed E-state index contributed by atoms with van der Waals surface area (Å²) in [5.74, 6) is 0.392. The van der Waals surface area contributed by atoms with Crippen LogP contribution in [0.2, 0.25) is 0 Å². The molecular formula is C9H16O4. The van der Waals surface area contributed by atoms with Crippen LogP contribution in [-0.2, 0) is 14.2 Å². The largest absolute Gasteiger partial charge is 0.396 e. The lowest BCUT2D eigenvalue weighted by Crippen LogP contribution is -2.22. The Morgan fingerprint density at radius 2 is 2.23 bits per heavy atom. The minimum Gasteiger partial charge on any atom is -0.396 e. The van der Waals surface area contributed by atoms with Gasteiger partial charge in [0.15, 0.2) is 6.29 Å². The Bertz CT molecular complexity index is 156. The summed E-state index contributed by atoms with van der Waals surface area (Å²) in [6, 6.07) is 0. The minimum absolute atomic E-state index is 0.0793. The third-order valence-electron chi connectivity index (χ3n) is 2.57. The quantitative estimate of drug-likeness (QED) is 0.684. The Balaban J connectivity index is 1.76. The highest BCUT2D eigenvalue weighted by Gasteiger charge is 2.34. The molecule has 1 N–H and O–H groups in total. The summed E-state index contributed by atoms with van der Waals surface area (Å²) in [6.45, 7) is 2.35. The smallest absolute Gasteiger partial charge is 0.163 e. The van der Waals surface area contributed by atoms with E-state index in [1.54, 1.807) is 0 Å². The molecule has 2 aliphatic rings. The fourth-order valence-corrected chi connectivity index (χ4v) is 1.78. The van der Waals surface area contributed by atoms with Crippen LogP contribution in [0.1, 0.15) is 12.8 Å². The molecule has 2 fully saturated rings. The zero-order chi connectivity index (χ0) is 9.10. The normalized spacial score (nSPS) is 39.9. The molecule has 0 bridgehead atoms. The molecule has 2 aliphatic heterocycles. The molecule has 2 saturated heterocycles. The van der Waals surface area contributed by atoms with Crippen molar-refractivity contribution in [2.75, 3.05) is 26.4 Å². The molecule has 0 spiro atoms. The van der Waals surface area contributed by atoms with Crippen molar-refractivity contribution in [1.82, 2.24) is 0 Å². The maximum absolute atomic E-state index is 8.72. The van der Waals surface area contributed by atoms with Crippen molar-refractivity contribution < 1.29 is 19.3 Å². The number of ether oxygens (including phenoxy) is 3. The molecule has 76 valence electrons. The predicted octanol–water partition coefficient (Wildman–Crippen LogP) is 0.147. The van der Waals surface area contributed by atoms with E-state index in [-0.39, 0.29) is 19.0 Å². The van der Waals surface area contributed by atoms with E-state index >= 15 is 0 Å². The van der Waals surface area contributed by atoms with Crippen LogP contribution >= 0.6 is 0 Å². The molecule has 0 saturated carbocycles. The monoisotopic (exact) mass is 188 g/mol. The lowest BCUT2D eigenvalue weighted by atomic mass is 10.1. The second-order valence-electron chi connectivity index (χ2n) is 3.60. The molecule has 0 aromatic rings. The summed E-state index contributed by atoms with van der Waals surface area (Å²) < 4.78 is 16.4. The van der Waals surface area contributed by atoms with Gasteiger partial charge in [-0.05, 0) is 12.8 Å². The van der Waals surface area contributed by atoms with Crippen LogP contribution in [0.5, 0.6) is 0 Å². The zero-order valence-corrected chi connectivity index (χ0v) is 7.65. The number of aliphatic hydroxyl groups is 1. The molecule has 4 heteroatoms. The lowest BCUT2D eigenvalue weighted by Gasteiger charge is -2.15. The summed E-state index contributed by atoms with van der Waals surface area (Å²) in [7, 11) is 0. The highest BCUT2D eigenvalue weighted by Crippen LogP contribution is 2.26. The van der Waals surface area contributed by atoms with Gasteiger partial charge in [-0.3, -0.25) is 0 Å². The lowest BCUT2D eigenvalue weighted by molar-refractivity contribution is -0.0982. The summed E-state index contributed by atoms with van der Waals surface area (Å²) >= 11 is 0. The van der Waals surface area contributed by atoms with Gasteiger partial charge in [-0.25, -0.2) is 0 Å². The predicted molar refractivity (Wildman–Crippen MR) is 45.2 cm³/mol. The molecule has 3 unspecified atom stereocenters. The Morgan fingerprint density at radius 3 is 2.92 bits per heavy atom.